The van der Waals surface area contributed by atoms with Gasteiger partial charge in [-0.2, -0.15) is 0 Å². The van der Waals surface area contributed by atoms with Crippen molar-refractivity contribution >= 4 is 11.9 Å². The molecule has 1 aliphatic rings. The van der Waals surface area contributed by atoms with Gasteiger partial charge in [-0.05, 0) is 24.5 Å². The third-order valence-electron chi connectivity index (χ3n) is 3.57. The minimum Gasteiger partial charge on any atom is -0.351 e. The first-order chi connectivity index (χ1) is 9.63. The molecule has 2 rings (SSSR count). The first-order valence-electron chi connectivity index (χ1n) is 6.91. The topological polar surface area (TPSA) is 79.5 Å². The van der Waals surface area contributed by atoms with E-state index in [1.54, 1.807) is 16.0 Å². The summed E-state index contributed by atoms with van der Waals surface area (Å²) in [5.74, 6) is -0.0613. The third kappa shape index (κ3) is 3.07. The Bertz CT molecular complexity index is 504. The monoisotopic (exact) mass is 276 g/mol. The summed E-state index contributed by atoms with van der Waals surface area (Å²) in [6, 6.07) is 3.34. The van der Waals surface area contributed by atoms with E-state index in [1.807, 2.05) is 19.1 Å². The molecule has 6 heteroatoms. The highest BCUT2D eigenvalue weighted by molar-refractivity contribution is 5.93. The van der Waals surface area contributed by atoms with Crippen LogP contribution in [0.3, 0.4) is 0 Å². The molecule has 0 spiro atoms. The lowest BCUT2D eigenvalue weighted by atomic mass is 10.1. The summed E-state index contributed by atoms with van der Waals surface area (Å²) in [5, 5.41) is 0. The Labute approximate surface area is 118 Å². The van der Waals surface area contributed by atoms with Gasteiger partial charge in [-0.1, -0.05) is 13.0 Å². The molecule has 20 heavy (non-hydrogen) atoms. The average Bonchev–Trinajstić information content (AvgIpc) is 2.72. The number of aryl methyl sites for hydroxylation is 1. The predicted octanol–water partition coefficient (Wildman–Crippen LogP) is 0.871. The summed E-state index contributed by atoms with van der Waals surface area (Å²) in [4.78, 5) is 31.3. The van der Waals surface area contributed by atoms with E-state index in [4.69, 9.17) is 5.73 Å². The van der Waals surface area contributed by atoms with Crippen LogP contribution in [0.1, 0.15) is 29.4 Å². The number of carbonyl (C=O) groups is 2. The Morgan fingerprint density at radius 3 is 2.65 bits per heavy atom. The zero-order valence-electron chi connectivity index (χ0n) is 11.7. The van der Waals surface area contributed by atoms with Gasteiger partial charge in [0.15, 0.2) is 0 Å². The highest BCUT2D eigenvalue weighted by Gasteiger charge is 2.23. The van der Waals surface area contributed by atoms with Gasteiger partial charge in [0.2, 0.25) is 0 Å². The summed E-state index contributed by atoms with van der Waals surface area (Å²) in [7, 11) is 0. The zero-order valence-corrected chi connectivity index (χ0v) is 11.7. The van der Waals surface area contributed by atoms with Gasteiger partial charge in [0, 0.05) is 32.4 Å². The molecule has 6 nitrogen and oxygen atoms in total. The van der Waals surface area contributed by atoms with E-state index in [1.165, 1.54) is 0 Å². The van der Waals surface area contributed by atoms with Gasteiger partial charge in [0.1, 0.15) is 5.69 Å². The number of hydrogen-bond acceptors (Lipinski definition) is 3. The van der Waals surface area contributed by atoms with Gasteiger partial charge in [-0.25, -0.2) is 4.79 Å². The lowest BCUT2D eigenvalue weighted by molar-refractivity contribution is 0.0755. The third-order valence-corrected chi connectivity index (χ3v) is 3.57. The molecule has 2 N–H and O–H groups in total. The number of aromatic nitrogens is 1. The van der Waals surface area contributed by atoms with Crippen LogP contribution in [-0.4, -0.2) is 52.9 Å². The van der Waals surface area contributed by atoms with Crippen LogP contribution < -0.4 is 5.73 Å². The fourth-order valence-electron chi connectivity index (χ4n) is 2.41. The Morgan fingerprint density at radius 2 is 1.95 bits per heavy atom. The van der Waals surface area contributed by atoms with Crippen LogP contribution in [0.5, 0.6) is 0 Å². The van der Waals surface area contributed by atoms with E-state index < -0.39 is 6.03 Å². The molecular weight excluding hydrogens is 256 g/mol. The van der Waals surface area contributed by atoms with Crippen molar-refractivity contribution in [3.63, 3.8) is 0 Å². The number of amides is 3. The van der Waals surface area contributed by atoms with E-state index in [9.17, 15) is 9.59 Å². The lowest BCUT2D eigenvalue weighted by Crippen LogP contribution is -2.40. The summed E-state index contributed by atoms with van der Waals surface area (Å²) in [6.07, 6.45) is 3.15. The van der Waals surface area contributed by atoms with Crippen molar-refractivity contribution in [1.29, 1.82) is 0 Å². The number of nitrogens with zero attached hydrogens (tertiary/aromatic N) is 3. The van der Waals surface area contributed by atoms with Gasteiger partial charge in [-0.3, -0.25) is 9.78 Å². The number of urea groups is 1. The average molecular weight is 276 g/mol. The SMILES string of the molecule is CCc1cccnc1C(=O)N1CCCN(C(N)=O)CC1. The second-order valence-corrected chi connectivity index (χ2v) is 4.84. The molecular formula is C14H20N4O2. The van der Waals surface area contributed by atoms with E-state index in [2.05, 4.69) is 4.98 Å². The number of carbonyl (C=O) groups excluding carboxylic acids is 2. The summed E-state index contributed by atoms with van der Waals surface area (Å²) >= 11 is 0. The number of hydrogen-bond donors (Lipinski definition) is 1. The van der Waals surface area contributed by atoms with Gasteiger partial charge >= 0.3 is 6.03 Å². The molecule has 0 aromatic carbocycles. The molecule has 1 aromatic rings. The predicted molar refractivity (Wildman–Crippen MR) is 75.3 cm³/mol. The minimum absolute atomic E-state index is 0.0613. The van der Waals surface area contributed by atoms with Gasteiger partial charge in [-0.15, -0.1) is 0 Å². The molecule has 1 aromatic heterocycles. The van der Waals surface area contributed by atoms with Crippen molar-refractivity contribution in [3.05, 3.63) is 29.6 Å². The summed E-state index contributed by atoms with van der Waals surface area (Å²) in [6.45, 7) is 4.21. The first-order valence-corrected chi connectivity index (χ1v) is 6.91. The number of nitrogens with two attached hydrogens (primary N) is 1. The number of rotatable bonds is 2. The Hall–Kier alpha value is -2.11. The Morgan fingerprint density at radius 1 is 1.25 bits per heavy atom. The summed E-state index contributed by atoms with van der Waals surface area (Å²) < 4.78 is 0. The fourth-order valence-corrected chi connectivity index (χ4v) is 2.41. The van der Waals surface area contributed by atoms with E-state index in [-0.39, 0.29) is 5.91 Å². The lowest BCUT2D eigenvalue weighted by Gasteiger charge is -2.21. The van der Waals surface area contributed by atoms with Crippen molar-refractivity contribution in [2.75, 3.05) is 26.2 Å². The van der Waals surface area contributed by atoms with Crippen molar-refractivity contribution in [2.45, 2.75) is 19.8 Å². The van der Waals surface area contributed by atoms with Gasteiger partial charge in [0.25, 0.3) is 5.91 Å². The molecule has 0 bridgehead atoms. The quantitative estimate of drug-likeness (QED) is 0.870. The standard InChI is InChI=1S/C14H20N4O2/c1-2-11-5-3-6-16-12(11)13(19)17-7-4-8-18(10-9-17)14(15)20/h3,5-6H,2,4,7-10H2,1H3,(H2,15,20). The summed E-state index contributed by atoms with van der Waals surface area (Å²) in [5.41, 5.74) is 6.75. The highest BCUT2D eigenvalue weighted by atomic mass is 16.2. The fraction of sp³-hybridized carbons (Fsp3) is 0.500. The second kappa shape index (κ2) is 6.36. The molecule has 0 unspecified atom stereocenters. The molecule has 0 aliphatic carbocycles. The maximum Gasteiger partial charge on any atom is 0.314 e. The van der Waals surface area contributed by atoms with Crippen LogP contribution >= 0.6 is 0 Å². The first kappa shape index (κ1) is 14.3. The Balaban J connectivity index is 2.11. The molecule has 1 aliphatic heterocycles. The number of pyridine rings is 1. The van der Waals surface area contributed by atoms with E-state index in [0.717, 1.165) is 18.4 Å². The maximum absolute atomic E-state index is 12.5. The molecule has 0 saturated carbocycles. The largest absolute Gasteiger partial charge is 0.351 e. The van der Waals surface area contributed by atoms with Crippen molar-refractivity contribution in [2.24, 2.45) is 5.73 Å². The van der Waals surface area contributed by atoms with Gasteiger partial charge < -0.3 is 15.5 Å². The van der Waals surface area contributed by atoms with Crippen LogP contribution in [-0.2, 0) is 6.42 Å². The van der Waals surface area contributed by atoms with Crippen molar-refractivity contribution < 1.29 is 9.59 Å². The molecule has 3 amide bonds. The van der Waals surface area contributed by atoms with Crippen molar-refractivity contribution in [1.82, 2.24) is 14.8 Å². The molecule has 2 heterocycles. The second-order valence-electron chi connectivity index (χ2n) is 4.84. The van der Waals surface area contributed by atoms with E-state index in [0.29, 0.717) is 31.9 Å². The van der Waals surface area contributed by atoms with Crippen LogP contribution in [0, 0.1) is 0 Å². The zero-order chi connectivity index (χ0) is 14.5. The molecule has 1 fully saturated rings. The molecule has 0 atom stereocenters. The van der Waals surface area contributed by atoms with Crippen LogP contribution in [0.25, 0.3) is 0 Å². The van der Waals surface area contributed by atoms with Crippen LogP contribution in [0.15, 0.2) is 18.3 Å². The molecule has 108 valence electrons. The minimum atomic E-state index is -0.425. The molecule has 0 radical (unpaired) electrons. The van der Waals surface area contributed by atoms with Crippen LogP contribution in [0.2, 0.25) is 0 Å². The van der Waals surface area contributed by atoms with E-state index >= 15 is 0 Å². The van der Waals surface area contributed by atoms with Gasteiger partial charge in [0.05, 0.1) is 0 Å². The molecule has 1 saturated heterocycles. The van der Waals surface area contributed by atoms with Crippen LogP contribution in [0.4, 0.5) is 4.79 Å². The Kier molecular flexibility index (Phi) is 4.55. The normalized spacial score (nSPS) is 15.8. The highest BCUT2D eigenvalue weighted by Crippen LogP contribution is 2.12. The smallest absolute Gasteiger partial charge is 0.314 e. The maximum atomic E-state index is 12.5. The van der Waals surface area contributed by atoms with Crippen molar-refractivity contribution in [3.8, 4) is 0 Å². The number of primary amides is 1.